The lowest BCUT2D eigenvalue weighted by Gasteiger charge is -2.24. The number of rotatable bonds is 5. The van der Waals surface area contributed by atoms with Crippen molar-refractivity contribution < 1.29 is 9.52 Å². The summed E-state index contributed by atoms with van der Waals surface area (Å²) in [5.41, 5.74) is 4.71. The van der Waals surface area contributed by atoms with Gasteiger partial charge in [0.2, 0.25) is 0 Å². The first-order valence-electron chi connectivity index (χ1n) is 5.08. The number of aliphatic hydroxyl groups is 1. The van der Waals surface area contributed by atoms with Gasteiger partial charge >= 0.3 is 0 Å². The molecule has 0 fully saturated rings. The number of nitrogens with two attached hydrogens (primary N) is 1. The molecule has 4 heteroatoms. The van der Waals surface area contributed by atoms with Gasteiger partial charge in [0.15, 0.2) is 0 Å². The minimum absolute atomic E-state index is 0.294. The van der Waals surface area contributed by atoms with Crippen LogP contribution >= 0.6 is 11.8 Å². The molecule has 86 valence electrons. The van der Waals surface area contributed by atoms with Crippen molar-refractivity contribution in [3.05, 3.63) is 18.1 Å². The van der Waals surface area contributed by atoms with E-state index in [0.29, 0.717) is 18.2 Å². The van der Waals surface area contributed by atoms with Crippen LogP contribution in [0.2, 0.25) is 0 Å². The van der Waals surface area contributed by atoms with E-state index >= 15 is 0 Å². The molecule has 3 N–H and O–H groups in total. The second-order valence-electron chi connectivity index (χ2n) is 4.17. The summed E-state index contributed by atoms with van der Waals surface area (Å²) in [6.45, 7) is 6.09. The minimum Gasteiger partial charge on any atom is -0.468 e. The zero-order chi connectivity index (χ0) is 11.5. The molecule has 0 aliphatic heterocycles. The topological polar surface area (TPSA) is 59.4 Å². The summed E-state index contributed by atoms with van der Waals surface area (Å²) >= 11 is 1.71. The maximum absolute atomic E-state index is 9.83. The summed E-state index contributed by atoms with van der Waals surface area (Å²) in [4.78, 5) is 1.13. The van der Waals surface area contributed by atoms with Crippen molar-refractivity contribution in [2.45, 2.75) is 42.9 Å². The molecular formula is C11H19NO2S. The molecule has 1 aromatic heterocycles. The Balaban J connectivity index is 2.50. The maximum atomic E-state index is 9.83. The number of furan rings is 1. The third kappa shape index (κ3) is 3.89. The number of hydrogen-bond acceptors (Lipinski definition) is 4. The highest BCUT2D eigenvalue weighted by Crippen LogP contribution is 2.31. The Hall–Kier alpha value is -0.450. The SMILES string of the molecule is Cc1occc1SC(C)CC(C)(O)CN. The van der Waals surface area contributed by atoms with Gasteiger partial charge in [0.25, 0.3) is 0 Å². The Morgan fingerprint density at radius 1 is 1.67 bits per heavy atom. The van der Waals surface area contributed by atoms with Crippen LogP contribution in [-0.4, -0.2) is 22.5 Å². The van der Waals surface area contributed by atoms with Crippen molar-refractivity contribution in [2.24, 2.45) is 5.73 Å². The molecule has 1 aromatic rings. The molecule has 0 saturated heterocycles. The summed E-state index contributed by atoms with van der Waals surface area (Å²) in [5, 5.41) is 10.1. The second-order valence-corrected chi connectivity index (χ2v) is 5.65. The van der Waals surface area contributed by atoms with Crippen molar-refractivity contribution >= 4 is 11.8 Å². The largest absolute Gasteiger partial charge is 0.468 e. The Morgan fingerprint density at radius 2 is 2.33 bits per heavy atom. The van der Waals surface area contributed by atoms with E-state index < -0.39 is 5.60 Å². The zero-order valence-corrected chi connectivity index (χ0v) is 10.3. The Kier molecular flexibility index (Phi) is 4.25. The van der Waals surface area contributed by atoms with Gasteiger partial charge in [0.1, 0.15) is 5.76 Å². The third-order valence-electron chi connectivity index (χ3n) is 2.31. The average molecular weight is 229 g/mol. The van der Waals surface area contributed by atoms with E-state index in [0.717, 1.165) is 10.7 Å². The standard InChI is InChI=1S/C11H19NO2S/c1-8(6-11(3,13)7-12)15-10-4-5-14-9(10)2/h4-5,8,13H,6-7,12H2,1-3H3. The molecule has 3 nitrogen and oxygen atoms in total. The van der Waals surface area contributed by atoms with Crippen molar-refractivity contribution in [2.75, 3.05) is 6.54 Å². The van der Waals surface area contributed by atoms with E-state index in [1.54, 1.807) is 24.9 Å². The molecule has 0 spiro atoms. The number of aryl methyl sites for hydroxylation is 1. The minimum atomic E-state index is -0.774. The summed E-state index contributed by atoms with van der Waals surface area (Å²) in [5.74, 6) is 0.930. The van der Waals surface area contributed by atoms with Gasteiger partial charge in [-0.15, -0.1) is 11.8 Å². The molecule has 2 atom stereocenters. The average Bonchev–Trinajstić information content (AvgIpc) is 2.51. The molecule has 0 saturated carbocycles. The summed E-state index contributed by atoms with van der Waals surface area (Å²) in [6.07, 6.45) is 2.37. The molecule has 0 aromatic carbocycles. The first kappa shape index (κ1) is 12.6. The fraction of sp³-hybridized carbons (Fsp3) is 0.636. The maximum Gasteiger partial charge on any atom is 0.114 e. The van der Waals surface area contributed by atoms with Crippen LogP contribution in [0.1, 0.15) is 26.0 Å². The summed E-state index contributed by atoms with van der Waals surface area (Å²) in [7, 11) is 0. The van der Waals surface area contributed by atoms with E-state index in [1.807, 2.05) is 13.0 Å². The van der Waals surface area contributed by atoms with Crippen LogP contribution in [0.15, 0.2) is 21.6 Å². The van der Waals surface area contributed by atoms with Gasteiger partial charge in [-0.05, 0) is 26.3 Å². The molecule has 0 bridgehead atoms. The van der Waals surface area contributed by atoms with Crippen LogP contribution in [-0.2, 0) is 0 Å². The molecule has 0 aliphatic carbocycles. The second kappa shape index (κ2) is 5.05. The van der Waals surface area contributed by atoms with Gasteiger partial charge in [-0.3, -0.25) is 0 Å². The number of thioether (sulfide) groups is 1. The van der Waals surface area contributed by atoms with Gasteiger partial charge in [0.05, 0.1) is 11.9 Å². The lowest BCUT2D eigenvalue weighted by atomic mass is 10.0. The first-order valence-corrected chi connectivity index (χ1v) is 5.96. The fourth-order valence-electron chi connectivity index (χ4n) is 1.46. The van der Waals surface area contributed by atoms with Gasteiger partial charge in [-0.2, -0.15) is 0 Å². The van der Waals surface area contributed by atoms with Crippen LogP contribution in [0, 0.1) is 6.92 Å². The first-order chi connectivity index (χ1) is 6.94. The smallest absolute Gasteiger partial charge is 0.114 e. The monoisotopic (exact) mass is 229 g/mol. The van der Waals surface area contributed by atoms with E-state index in [9.17, 15) is 5.11 Å². The number of hydrogen-bond donors (Lipinski definition) is 2. The van der Waals surface area contributed by atoms with Gasteiger partial charge in [-0.1, -0.05) is 6.92 Å². The lowest BCUT2D eigenvalue weighted by molar-refractivity contribution is 0.0608. The van der Waals surface area contributed by atoms with Gasteiger partial charge in [0, 0.05) is 16.7 Å². The fourth-order valence-corrected chi connectivity index (χ4v) is 2.68. The quantitative estimate of drug-likeness (QED) is 0.760. The molecule has 0 aliphatic rings. The van der Waals surface area contributed by atoms with Crippen LogP contribution < -0.4 is 5.73 Å². The van der Waals surface area contributed by atoms with Crippen LogP contribution in [0.3, 0.4) is 0 Å². The van der Waals surface area contributed by atoms with E-state index in [4.69, 9.17) is 10.2 Å². The predicted octanol–water partition coefficient (Wildman–Crippen LogP) is 2.17. The molecular weight excluding hydrogens is 210 g/mol. The normalized spacial score (nSPS) is 17.4. The van der Waals surface area contributed by atoms with E-state index in [1.165, 1.54) is 0 Å². The lowest BCUT2D eigenvalue weighted by Crippen LogP contribution is -2.36. The highest BCUT2D eigenvalue weighted by atomic mass is 32.2. The Labute approximate surface area is 95.0 Å². The van der Waals surface area contributed by atoms with Crippen LogP contribution in [0.4, 0.5) is 0 Å². The van der Waals surface area contributed by atoms with Gasteiger partial charge < -0.3 is 15.3 Å². The third-order valence-corrected chi connectivity index (χ3v) is 3.55. The van der Waals surface area contributed by atoms with Crippen molar-refractivity contribution in [3.63, 3.8) is 0 Å². The van der Waals surface area contributed by atoms with Crippen molar-refractivity contribution in [1.29, 1.82) is 0 Å². The molecule has 1 rings (SSSR count). The molecule has 2 unspecified atom stereocenters. The zero-order valence-electron chi connectivity index (χ0n) is 9.49. The van der Waals surface area contributed by atoms with E-state index in [2.05, 4.69) is 6.92 Å². The molecule has 15 heavy (non-hydrogen) atoms. The predicted molar refractivity (Wildman–Crippen MR) is 63.1 cm³/mol. The molecule has 0 amide bonds. The van der Waals surface area contributed by atoms with Crippen LogP contribution in [0.5, 0.6) is 0 Å². The Bertz CT molecular complexity index is 309. The molecule has 0 radical (unpaired) electrons. The summed E-state index contributed by atoms with van der Waals surface area (Å²) < 4.78 is 5.21. The van der Waals surface area contributed by atoms with Gasteiger partial charge in [-0.25, -0.2) is 0 Å². The Morgan fingerprint density at radius 3 is 2.80 bits per heavy atom. The highest BCUT2D eigenvalue weighted by molar-refractivity contribution is 8.00. The van der Waals surface area contributed by atoms with Crippen LogP contribution in [0.25, 0.3) is 0 Å². The molecule has 1 heterocycles. The van der Waals surface area contributed by atoms with Crippen molar-refractivity contribution in [3.8, 4) is 0 Å². The highest BCUT2D eigenvalue weighted by Gasteiger charge is 2.22. The van der Waals surface area contributed by atoms with Crippen molar-refractivity contribution in [1.82, 2.24) is 0 Å². The van der Waals surface area contributed by atoms with E-state index in [-0.39, 0.29) is 0 Å². The summed E-state index contributed by atoms with van der Waals surface area (Å²) in [6, 6.07) is 1.95.